The molecule has 0 radical (unpaired) electrons. The first-order valence-corrected chi connectivity index (χ1v) is 12.2. The normalized spacial score (nSPS) is 21.5. The van der Waals surface area contributed by atoms with Crippen molar-refractivity contribution in [2.45, 2.75) is 37.4 Å². The van der Waals surface area contributed by atoms with Gasteiger partial charge in [-0.25, -0.2) is 0 Å². The first-order valence-electron chi connectivity index (χ1n) is 11.2. The van der Waals surface area contributed by atoms with Crippen molar-refractivity contribution in [2.75, 3.05) is 25.4 Å². The second kappa shape index (κ2) is 8.85. The lowest BCUT2D eigenvalue weighted by molar-refractivity contribution is -0.133. The largest absolute Gasteiger partial charge is 0.484 e. The second-order valence-corrected chi connectivity index (χ2v) is 9.95. The van der Waals surface area contributed by atoms with Gasteiger partial charge < -0.3 is 14.7 Å². The molecule has 2 aromatic rings. The molecule has 0 aromatic heterocycles. The molecule has 1 aliphatic carbocycles. The summed E-state index contributed by atoms with van der Waals surface area (Å²) in [4.78, 5) is 27.9. The highest BCUT2D eigenvalue weighted by molar-refractivity contribution is 8.04. The molecule has 2 aliphatic heterocycles. The minimum Gasteiger partial charge on any atom is -0.484 e. The number of ketones is 2. The van der Waals surface area contributed by atoms with E-state index in [-0.39, 0.29) is 17.8 Å². The lowest BCUT2D eigenvalue weighted by Gasteiger charge is -2.45. The molecule has 5 nitrogen and oxygen atoms in total. The Morgan fingerprint density at radius 3 is 2.53 bits per heavy atom. The second-order valence-electron chi connectivity index (χ2n) is 8.96. The van der Waals surface area contributed by atoms with Crippen molar-refractivity contribution < 1.29 is 19.4 Å². The Kier molecular flexibility index (Phi) is 5.93. The van der Waals surface area contributed by atoms with Crippen LogP contribution in [0.3, 0.4) is 0 Å². The van der Waals surface area contributed by atoms with E-state index in [0.29, 0.717) is 29.4 Å². The Morgan fingerprint density at radius 1 is 1.03 bits per heavy atom. The molecule has 1 N–H and O–H groups in total. The maximum Gasteiger partial charge on any atom is 0.239 e. The van der Waals surface area contributed by atoms with Crippen molar-refractivity contribution in [2.24, 2.45) is 0 Å². The molecule has 6 heteroatoms. The number of β-amino-alcohol motifs (C(OH)–C–C–N with tert-alkyl or cyclic N) is 1. The van der Waals surface area contributed by atoms with Crippen molar-refractivity contribution in [1.82, 2.24) is 4.90 Å². The van der Waals surface area contributed by atoms with E-state index in [1.54, 1.807) is 0 Å². The predicted molar refractivity (Wildman–Crippen MR) is 125 cm³/mol. The van der Waals surface area contributed by atoms with E-state index in [1.165, 1.54) is 11.8 Å². The summed E-state index contributed by atoms with van der Waals surface area (Å²) in [5.41, 5.74) is 2.53. The molecule has 1 fully saturated rings. The molecule has 1 unspecified atom stereocenters. The molecule has 2 aromatic carbocycles. The van der Waals surface area contributed by atoms with Crippen molar-refractivity contribution in [3.63, 3.8) is 0 Å². The van der Waals surface area contributed by atoms with Gasteiger partial charge in [0, 0.05) is 50.2 Å². The Labute approximate surface area is 192 Å². The van der Waals surface area contributed by atoms with Crippen LogP contribution < -0.4 is 0 Å². The first-order chi connectivity index (χ1) is 15.5. The number of aliphatic hydroxyl groups excluding tert-OH is 1. The molecule has 0 amide bonds. The SMILES string of the molecule is O=C1Cc2ccccc2C2=C(SCC3(CCN(CC(O)Cc4ccccc4)CC3)O2)C1=O. The summed E-state index contributed by atoms with van der Waals surface area (Å²) in [6, 6.07) is 17.7. The Balaban J connectivity index is 1.27. The van der Waals surface area contributed by atoms with Crippen molar-refractivity contribution >= 4 is 29.1 Å². The predicted octanol–water partition coefficient (Wildman–Crippen LogP) is 3.25. The van der Waals surface area contributed by atoms with E-state index in [9.17, 15) is 14.7 Å². The van der Waals surface area contributed by atoms with E-state index in [4.69, 9.17) is 4.74 Å². The summed E-state index contributed by atoms with van der Waals surface area (Å²) in [6.45, 7) is 2.31. The molecule has 1 saturated heterocycles. The van der Waals surface area contributed by atoms with Crippen LogP contribution in [0.2, 0.25) is 0 Å². The number of fused-ring (bicyclic) bond motifs is 2. The van der Waals surface area contributed by atoms with Gasteiger partial charge in [0.1, 0.15) is 16.3 Å². The third-order valence-electron chi connectivity index (χ3n) is 6.63. The summed E-state index contributed by atoms with van der Waals surface area (Å²) < 4.78 is 6.59. The van der Waals surface area contributed by atoms with Gasteiger partial charge in [-0.1, -0.05) is 54.6 Å². The lowest BCUT2D eigenvalue weighted by atomic mass is 9.92. The molecule has 1 spiro atoms. The van der Waals surface area contributed by atoms with Gasteiger partial charge in [-0.05, 0) is 17.5 Å². The maximum absolute atomic E-state index is 12.7. The molecule has 2 heterocycles. The monoisotopic (exact) mass is 449 g/mol. The van der Waals surface area contributed by atoms with E-state index in [2.05, 4.69) is 4.90 Å². The van der Waals surface area contributed by atoms with E-state index < -0.39 is 11.9 Å². The van der Waals surface area contributed by atoms with Crippen LogP contribution in [0, 0.1) is 0 Å². The van der Waals surface area contributed by atoms with Crippen LogP contribution in [-0.4, -0.2) is 58.7 Å². The van der Waals surface area contributed by atoms with Gasteiger partial charge in [-0.3, -0.25) is 9.59 Å². The number of nitrogens with zero attached hydrogens (tertiary/aromatic N) is 1. The quantitative estimate of drug-likeness (QED) is 0.723. The lowest BCUT2D eigenvalue weighted by Crippen LogP contribution is -2.50. The van der Waals surface area contributed by atoms with Gasteiger partial charge in [0.05, 0.1) is 6.10 Å². The number of rotatable bonds is 4. The van der Waals surface area contributed by atoms with Gasteiger partial charge in [0.2, 0.25) is 11.6 Å². The maximum atomic E-state index is 12.7. The van der Waals surface area contributed by atoms with Crippen LogP contribution in [-0.2, 0) is 27.2 Å². The minimum absolute atomic E-state index is 0.131. The molecular formula is C26H27NO4S. The summed E-state index contributed by atoms with van der Waals surface area (Å²) in [5.74, 6) is 0.479. The standard InChI is InChI=1S/C26H27NO4S/c28-20(14-18-6-2-1-3-7-18)16-27-12-10-26(11-13-27)17-32-25-23(30)22(29)15-19-8-4-5-9-21(19)24(25)31-26/h1-9,20,28H,10-17H2. The number of hydrogen-bond donors (Lipinski definition) is 1. The van der Waals surface area contributed by atoms with Crippen LogP contribution in [0.4, 0.5) is 0 Å². The first kappa shape index (κ1) is 21.4. The average molecular weight is 450 g/mol. The van der Waals surface area contributed by atoms with Crippen molar-refractivity contribution in [1.29, 1.82) is 0 Å². The number of carbonyl (C=O) groups excluding carboxylic acids is 2. The molecule has 3 aliphatic rings. The number of allylic oxidation sites excluding steroid dienone is 1. The van der Waals surface area contributed by atoms with Crippen molar-refractivity contribution in [3.8, 4) is 0 Å². The van der Waals surface area contributed by atoms with E-state index in [0.717, 1.165) is 42.6 Å². The van der Waals surface area contributed by atoms with Gasteiger partial charge in [0.15, 0.2) is 0 Å². The molecule has 1 atom stereocenters. The van der Waals surface area contributed by atoms with Gasteiger partial charge in [-0.2, -0.15) is 0 Å². The molecule has 166 valence electrons. The fraction of sp³-hybridized carbons (Fsp3) is 0.385. The minimum atomic E-state index is -0.419. The number of thioether (sulfide) groups is 1. The number of piperidine rings is 1. The van der Waals surface area contributed by atoms with Gasteiger partial charge in [-0.15, -0.1) is 11.8 Å². The molecule has 32 heavy (non-hydrogen) atoms. The van der Waals surface area contributed by atoms with Gasteiger partial charge in [0.25, 0.3) is 0 Å². The zero-order valence-electron chi connectivity index (χ0n) is 18.0. The summed E-state index contributed by atoms with van der Waals surface area (Å²) in [6.07, 6.45) is 2.04. The number of carbonyl (C=O) groups is 2. The van der Waals surface area contributed by atoms with E-state index in [1.807, 2.05) is 54.6 Å². The number of Topliss-reactive ketones (excluding diaryl/α,β-unsaturated/α-hetero) is 2. The Bertz CT molecular complexity index is 1060. The highest BCUT2D eigenvalue weighted by Crippen LogP contribution is 2.46. The number of hydrogen-bond acceptors (Lipinski definition) is 6. The molecular weight excluding hydrogens is 422 g/mol. The fourth-order valence-corrected chi connectivity index (χ4v) is 6.10. The molecule has 5 rings (SSSR count). The van der Waals surface area contributed by atoms with Crippen LogP contribution >= 0.6 is 11.8 Å². The van der Waals surface area contributed by atoms with Gasteiger partial charge >= 0.3 is 0 Å². The zero-order valence-corrected chi connectivity index (χ0v) is 18.8. The van der Waals surface area contributed by atoms with Crippen LogP contribution in [0.25, 0.3) is 5.76 Å². The number of aliphatic hydroxyl groups is 1. The molecule has 0 saturated carbocycles. The Morgan fingerprint density at radius 2 is 1.75 bits per heavy atom. The highest BCUT2D eigenvalue weighted by atomic mass is 32.2. The summed E-state index contributed by atoms with van der Waals surface area (Å²) in [7, 11) is 0. The summed E-state index contributed by atoms with van der Waals surface area (Å²) in [5, 5.41) is 10.6. The third-order valence-corrected chi connectivity index (χ3v) is 7.96. The van der Waals surface area contributed by atoms with Crippen LogP contribution in [0.15, 0.2) is 59.5 Å². The number of benzene rings is 2. The zero-order chi connectivity index (χ0) is 22.1. The average Bonchev–Trinajstić information content (AvgIpc) is 2.91. The van der Waals surface area contributed by atoms with E-state index >= 15 is 0 Å². The highest BCUT2D eigenvalue weighted by Gasteiger charge is 2.44. The fourth-order valence-electron chi connectivity index (χ4n) is 4.82. The smallest absolute Gasteiger partial charge is 0.239 e. The third kappa shape index (κ3) is 4.27. The van der Waals surface area contributed by atoms with Crippen LogP contribution in [0.5, 0.6) is 0 Å². The summed E-state index contributed by atoms with van der Waals surface area (Å²) >= 11 is 1.47. The van der Waals surface area contributed by atoms with Crippen molar-refractivity contribution in [3.05, 3.63) is 76.2 Å². The molecule has 0 bridgehead atoms. The Hall–Kier alpha value is -2.41. The van der Waals surface area contributed by atoms with Crippen LogP contribution in [0.1, 0.15) is 29.5 Å². The topological polar surface area (TPSA) is 66.8 Å². The number of likely N-dealkylation sites (tertiary alicyclic amines) is 1. The number of ether oxygens (including phenoxy) is 1.